The predicted molar refractivity (Wildman–Crippen MR) is 134 cm³/mol. The van der Waals surface area contributed by atoms with Gasteiger partial charge in [-0.2, -0.15) is 8.42 Å². The average Bonchev–Trinajstić information content (AvgIpc) is 3.27. The lowest BCUT2D eigenvalue weighted by molar-refractivity contribution is 0.134. The number of unbranched alkanes of at least 4 members (excludes halogenated alkanes) is 1. The minimum absolute atomic E-state index is 0.159. The van der Waals surface area contributed by atoms with Crippen molar-refractivity contribution in [2.24, 2.45) is 5.14 Å². The Morgan fingerprint density at radius 2 is 1.85 bits per heavy atom. The third-order valence-corrected chi connectivity index (χ3v) is 6.13. The molecule has 0 saturated carbocycles. The summed E-state index contributed by atoms with van der Waals surface area (Å²) in [6.07, 6.45) is 2.95. The molecule has 0 spiro atoms. The van der Waals surface area contributed by atoms with Crippen molar-refractivity contribution in [3.05, 3.63) is 75.6 Å². The van der Waals surface area contributed by atoms with Crippen LogP contribution in [0.4, 0.5) is 4.79 Å². The van der Waals surface area contributed by atoms with Gasteiger partial charge in [-0.25, -0.2) is 19.6 Å². The first kappa shape index (κ1) is 25.1. The molecule has 3 aromatic rings. The van der Waals surface area contributed by atoms with E-state index in [9.17, 15) is 13.2 Å². The summed E-state index contributed by atoms with van der Waals surface area (Å²) in [7, 11) is -3.72. The molecule has 0 aliphatic carbocycles. The lowest BCUT2D eigenvalue weighted by Gasteiger charge is -2.17. The number of carbonyl (C=O) groups is 1. The van der Waals surface area contributed by atoms with Gasteiger partial charge < -0.3 is 15.0 Å². The number of H-pyrrole nitrogens is 1. The van der Waals surface area contributed by atoms with Crippen LogP contribution in [0.1, 0.15) is 36.6 Å². The first-order valence-electron chi connectivity index (χ1n) is 10.4. The Hall–Kier alpha value is -2.48. The Balaban J connectivity index is 1.64. The number of aromatic amines is 1. The highest BCUT2D eigenvalue weighted by atomic mass is 127. The van der Waals surface area contributed by atoms with E-state index in [0.717, 1.165) is 14.7 Å². The molecule has 11 heteroatoms. The molecule has 1 heterocycles. The van der Waals surface area contributed by atoms with Crippen molar-refractivity contribution < 1.29 is 17.9 Å². The first-order valence-corrected chi connectivity index (χ1v) is 13.0. The molecule has 176 valence electrons. The van der Waals surface area contributed by atoms with Gasteiger partial charge in [0.25, 0.3) is 10.2 Å². The second-order valence-electron chi connectivity index (χ2n) is 7.37. The Labute approximate surface area is 206 Å². The van der Waals surface area contributed by atoms with E-state index in [1.165, 1.54) is 0 Å². The van der Waals surface area contributed by atoms with Gasteiger partial charge in [0.2, 0.25) is 0 Å². The Kier molecular flexibility index (Phi) is 9.23. The van der Waals surface area contributed by atoms with Gasteiger partial charge >= 0.3 is 6.09 Å². The molecule has 0 radical (unpaired) electrons. The van der Waals surface area contributed by atoms with E-state index in [2.05, 4.69) is 42.6 Å². The molecule has 1 aromatic heterocycles. The van der Waals surface area contributed by atoms with Gasteiger partial charge in [-0.15, -0.1) is 0 Å². The van der Waals surface area contributed by atoms with Gasteiger partial charge in [0.05, 0.1) is 11.7 Å². The van der Waals surface area contributed by atoms with Crippen molar-refractivity contribution in [3.8, 4) is 11.4 Å². The predicted octanol–water partition coefficient (Wildman–Crippen LogP) is 3.61. The van der Waals surface area contributed by atoms with E-state index in [1.54, 1.807) is 6.20 Å². The quantitative estimate of drug-likeness (QED) is 0.202. The van der Waals surface area contributed by atoms with E-state index in [4.69, 9.17) is 9.88 Å². The summed E-state index contributed by atoms with van der Waals surface area (Å²) >= 11 is 2.24. The van der Waals surface area contributed by atoms with E-state index in [1.807, 2.05) is 54.6 Å². The summed E-state index contributed by atoms with van der Waals surface area (Å²) in [5, 5.41) is 7.83. The maximum absolute atomic E-state index is 12.5. The van der Waals surface area contributed by atoms with Crippen molar-refractivity contribution in [2.75, 3.05) is 6.54 Å². The molecule has 0 saturated heterocycles. The largest absolute Gasteiger partial charge is 0.445 e. The normalized spacial score (nSPS) is 12.3. The Morgan fingerprint density at radius 3 is 2.55 bits per heavy atom. The van der Waals surface area contributed by atoms with Crippen LogP contribution >= 0.6 is 22.6 Å². The molecule has 1 unspecified atom stereocenters. The van der Waals surface area contributed by atoms with Crippen LogP contribution in [-0.4, -0.2) is 31.0 Å². The molecule has 3 rings (SSSR count). The van der Waals surface area contributed by atoms with E-state index in [-0.39, 0.29) is 13.2 Å². The highest BCUT2D eigenvalue weighted by Gasteiger charge is 2.19. The molecule has 0 aliphatic heterocycles. The third kappa shape index (κ3) is 8.76. The average molecular weight is 583 g/mol. The molecule has 0 fully saturated rings. The zero-order valence-corrected chi connectivity index (χ0v) is 20.8. The molecule has 5 N–H and O–H groups in total. The Morgan fingerprint density at radius 1 is 1.12 bits per heavy atom. The van der Waals surface area contributed by atoms with Crippen LogP contribution in [0.3, 0.4) is 0 Å². The van der Waals surface area contributed by atoms with Gasteiger partial charge in [0.15, 0.2) is 0 Å². The van der Waals surface area contributed by atoms with Crippen LogP contribution in [0, 0.1) is 3.57 Å². The van der Waals surface area contributed by atoms with Gasteiger partial charge in [-0.1, -0.05) is 42.5 Å². The van der Waals surface area contributed by atoms with Gasteiger partial charge in [0.1, 0.15) is 12.4 Å². The number of imidazole rings is 1. The highest BCUT2D eigenvalue weighted by Crippen LogP contribution is 2.23. The summed E-state index contributed by atoms with van der Waals surface area (Å²) in [6.45, 7) is 0.380. The maximum atomic E-state index is 12.5. The zero-order chi connectivity index (χ0) is 23.7. The van der Waals surface area contributed by atoms with E-state index < -0.39 is 22.3 Å². The molecular formula is C22H26IN5O4S. The number of ether oxygens (including phenoxy) is 1. The van der Waals surface area contributed by atoms with Crippen molar-refractivity contribution in [2.45, 2.75) is 31.9 Å². The van der Waals surface area contributed by atoms with Crippen LogP contribution < -0.4 is 15.2 Å². The summed E-state index contributed by atoms with van der Waals surface area (Å²) < 4.78 is 30.8. The van der Waals surface area contributed by atoms with E-state index in [0.29, 0.717) is 30.8 Å². The summed E-state index contributed by atoms with van der Waals surface area (Å²) in [5.74, 6) is 0.696. The number of amides is 1. The number of carbonyl (C=O) groups excluding carboxylic acids is 1. The number of alkyl carbamates (subject to hydrolysis) is 1. The number of rotatable bonds is 11. The summed E-state index contributed by atoms with van der Waals surface area (Å²) in [6, 6.07) is 16.9. The number of hydrogen-bond acceptors (Lipinski definition) is 5. The molecule has 33 heavy (non-hydrogen) atoms. The minimum Gasteiger partial charge on any atom is -0.445 e. The van der Waals surface area contributed by atoms with Crippen molar-refractivity contribution in [1.82, 2.24) is 20.0 Å². The second kappa shape index (κ2) is 12.1. The summed E-state index contributed by atoms with van der Waals surface area (Å²) in [5.41, 5.74) is 2.49. The summed E-state index contributed by atoms with van der Waals surface area (Å²) in [4.78, 5) is 20.3. The number of aromatic nitrogens is 2. The first-order chi connectivity index (χ1) is 15.8. The van der Waals surface area contributed by atoms with Gasteiger partial charge in [-0.3, -0.25) is 0 Å². The minimum atomic E-state index is -3.72. The van der Waals surface area contributed by atoms with Gasteiger partial charge in [-0.05, 0) is 59.5 Å². The Bertz CT molecular complexity index is 1140. The van der Waals surface area contributed by atoms with Crippen LogP contribution in [-0.2, 0) is 21.6 Å². The van der Waals surface area contributed by atoms with Crippen LogP contribution in [0.2, 0.25) is 0 Å². The number of nitrogens with zero attached hydrogens (tertiary/aromatic N) is 1. The van der Waals surface area contributed by atoms with Crippen molar-refractivity contribution in [3.63, 3.8) is 0 Å². The lowest BCUT2D eigenvalue weighted by atomic mass is 10.1. The highest BCUT2D eigenvalue weighted by molar-refractivity contribution is 14.1. The van der Waals surface area contributed by atoms with E-state index >= 15 is 0 Å². The fourth-order valence-electron chi connectivity index (χ4n) is 3.16. The molecule has 1 amide bonds. The fraction of sp³-hybridized carbons (Fsp3) is 0.273. The number of nitrogens with two attached hydrogens (primary N) is 1. The van der Waals surface area contributed by atoms with Gasteiger partial charge in [0, 0.05) is 21.9 Å². The lowest BCUT2D eigenvalue weighted by Crippen LogP contribution is -2.32. The smallest absolute Gasteiger partial charge is 0.408 e. The van der Waals surface area contributed by atoms with Crippen molar-refractivity contribution >= 4 is 38.9 Å². The monoisotopic (exact) mass is 583 g/mol. The van der Waals surface area contributed by atoms with Crippen molar-refractivity contribution in [1.29, 1.82) is 0 Å². The molecule has 0 bridgehead atoms. The molecule has 0 aliphatic rings. The zero-order valence-electron chi connectivity index (χ0n) is 17.8. The third-order valence-electron chi connectivity index (χ3n) is 4.80. The molecule has 1 atom stereocenters. The number of benzene rings is 2. The molecule has 2 aromatic carbocycles. The van der Waals surface area contributed by atoms with Crippen LogP contribution in [0.25, 0.3) is 11.4 Å². The number of nitrogens with one attached hydrogen (secondary N) is 3. The van der Waals surface area contributed by atoms with Crippen LogP contribution in [0.15, 0.2) is 60.8 Å². The maximum Gasteiger partial charge on any atom is 0.408 e. The number of halogens is 1. The SMILES string of the molecule is NS(=O)(=O)NCCCCC(NC(=O)OCc1ccccc1)c1c[nH]c(-c2ccc(I)cc2)n1. The molecule has 9 nitrogen and oxygen atoms in total. The fourth-order valence-corrected chi connectivity index (χ4v) is 3.95. The number of hydrogen-bond donors (Lipinski definition) is 4. The molecular weight excluding hydrogens is 557 g/mol. The van der Waals surface area contributed by atoms with Crippen LogP contribution in [0.5, 0.6) is 0 Å². The standard InChI is InChI=1S/C22H26IN5O4S/c23-18-11-9-17(10-12-18)21-25-14-20(27-21)19(8-4-5-13-26-33(24,30)31)28-22(29)32-15-16-6-2-1-3-7-16/h1-3,6-7,9-12,14,19,26H,4-5,8,13,15H2,(H,25,27)(H,28,29)(H2,24,30,31). The second-order valence-corrected chi connectivity index (χ2v) is 10.00. The topological polar surface area (TPSA) is 139 Å².